The van der Waals surface area contributed by atoms with Gasteiger partial charge in [-0.3, -0.25) is 4.79 Å². The number of ketones is 1. The molecule has 0 saturated carbocycles. The van der Waals surface area contributed by atoms with Crippen LogP contribution in [0.1, 0.15) is 22.0 Å². The third-order valence-corrected chi connectivity index (χ3v) is 4.62. The van der Waals surface area contributed by atoms with E-state index in [4.69, 9.17) is 4.74 Å². The summed E-state index contributed by atoms with van der Waals surface area (Å²) in [5, 5.41) is 14.3. The van der Waals surface area contributed by atoms with E-state index in [2.05, 4.69) is 5.32 Å². The molecule has 0 spiro atoms. The van der Waals surface area contributed by atoms with Gasteiger partial charge in [0.2, 0.25) is 5.72 Å². The summed E-state index contributed by atoms with van der Waals surface area (Å²) in [4.78, 5) is 24.9. The second kappa shape index (κ2) is 7.16. The third kappa shape index (κ3) is 3.40. The van der Waals surface area contributed by atoms with Gasteiger partial charge in [-0.2, -0.15) is 13.2 Å². The molecule has 3 atom stereocenters. The first kappa shape index (κ1) is 19.7. The molecular weight excluding hydrogens is 377 g/mol. The number of ether oxygens (including phenoxy) is 1. The molecule has 1 aliphatic heterocycles. The molecule has 6 nitrogen and oxygen atoms in total. The standard InChI is InChI=1S/C19H17F3N2O4/c1-28-13-9-7-11(8-10-13)15-14(16(25)12-5-3-2-4-6-12)18(27,19(20,21)22)24-17(26)23-15/h2-10,14-15,27H,1H3,(H2,23,24,26)/t14-,15-,18+/m0/s1. The van der Waals surface area contributed by atoms with Crippen molar-refractivity contribution in [3.05, 3.63) is 65.7 Å². The molecule has 3 rings (SSSR count). The molecule has 28 heavy (non-hydrogen) atoms. The number of rotatable bonds is 4. The molecule has 0 radical (unpaired) electrons. The van der Waals surface area contributed by atoms with Gasteiger partial charge in [0.25, 0.3) is 0 Å². The van der Waals surface area contributed by atoms with Crippen LogP contribution in [-0.4, -0.2) is 35.9 Å². The van der Waals surface area contributed by atoms with E-state index in [1.54, 1.807) is 6.07 Å². The number of nitrogens with one attached hydrogen (secondary N) is 2. The largest absolute Gasteiger partial charge is 0.497 e. The first-order chi connectivity index (χ1) is 13.2. The molecule has 1 aliphatic rings. The predicted octanol–water partition coefficient (Wildman–Crippen LogP) is 2.80. The number of methoxy groups -OCH3 is 1. The van der Waals surface area contributed by atoms with Gasteiger partial charge in [-0.05, 0) is 17.7 Å². The monoisotopic (exact) mass is 394 g/mol. The van der Waals surface area contributed by atoms with E-state index in [1.807, 2.05) is 0 Å². The van der Waals surface area contributed by atoms with Crippen LogP contribution >= 0.6 is 0 Å². The summed E-state index contributed by atoms with van der Waals surface area (Å²) in [5.74, 6) is -2.57. The second-order valence-electron chi connectivity index (χ2n) is 6.32. The topological polar surface area (TPSA) is 87.7 Å². The van der Waals surface area contributed by atoms with Gasteiger partial charge in [0.1, 0.15) is 11.7 Å². The highest BCUT2D eigenvalue weighted by atomic mass is 19.4. The molecule has 0 aromatic heterocycles. The molecule has 148 valence electrons. The number of aliphatic hydroxyl groups is 1. The molecule has 0 bridgehead atoms. The molecule has 2 amide bonds. The van der Waals surface area contributed by atoms with Gasteiger partial charge in [0.15, 0.2) is 5.78 Å². The van der Waals surface area contributed by atoms with Gasteiger partial charge in [0.05, 0.1) is 13.2 Å². The van der Waals surface area contributed by atoms with Crippen molar-refractivity contribution in [2.75, 3.05) is 7.11 Å². The van der Waals surface area contributed by atoms with Gasteiger partial charge in [0, 0.05) is 5.56 Å². The third-order valence-electron chi connectivity index (χ3n) is 4.62. The minimum Gasteiger partial charge on any atom is -0.497 e. The molecule has 2 aromatic carbocycles. The summed E-state index contributed by atoms with van der Waals surface area (Å²) in [6.07, 6.45) is -5.29. The molecule has 0 aliphatic carbocycles. The number of halogens is 3. The number of benzene rings is 2. The molecule has 2 aromatic rings. The number of carbonyl (C=O) groups is 2. The van der Waals surface area contributed by atoms with Crippen LogP contribution in [0.25, 0.3) is 0 Å². The van der Waals surface area contributed by atoms with Crippen LogP contribution in [0.3, 0.4) is 0 Å². The number of hydrogen-bond acceptors (Lipinski definition) is 4. The van der Waals surface area contributed by atoms with Crippen LogP contribution in [-0.2, 0) is 0 Å². The van der Waals surface area contributed by atoms with Gasteiger partial charge in [-0.15, -0.1) is 0 Å². The number of Topliss-reactive ketones (excluding diaryl/α,β-unsaturated/α-hetero) is 1. The van der Waals surface area contributed by atoms with E-state index in [-0.39, 0.29) is 11.1 Å². The van der Waals surface area contributed by atoms with E-state index < -0.39 is 35.7 Å². The molecule has 3 N–H and O–H groups in total. The summed E-state index contributed by atoms with van der Waals surface area (Å²) < 4.78 is 46.3. The predicted molar refractivity (Wildman–Crippen MR) is 92.7 cm³/mol. The summed E-state index contributed by atoms with van der Waals surface area (Å²) in [6, 6.07) is 10.5. The van der Waals surface area contributed by atoms with Crippen molar-refractivity contribution in [1.82, 2.24) is 10.6 Å². The maximum Gasteiger partial charge on any atom is 0.437 e. The summed E-state index contributed by atoms with van der Waals surface area (Å²) in [6.45, 7) is 0. The zero-order valence-corrected chi connectivity index (χ0v) is 14.7. The van der Waals surface area contributed by atoms with Gasteiger partial charge >= 0.3 is 12.2 Å². The first-order valence-corrected chi connectivity index (χ1v) is 8.28. The number of carbonyl (C=O) groups excluding carboxylic acids is 2. The Kier molecular flexibility index (Phi) is 5.03. The van der Waals surface area contributed by atoms with E-state index in [9.17, 15) is 27.9 Å². The Bertz CT molecular complexity index is 871. The van der Waals surface area contributed by atoms with E-state index >= 15 is 0 Å². The highest BCUT2D eigenvalue weighted by molar-refractivity contribution is 6.00. The molecule has 1 heterocycles. The lowest BCUT2D eigenvalue weighted by molar-refractivity contribution is -0.287. The fourth-order valence-corrected chi connectivity index (χ4v) is 3.21. The number of alkyl halides is 3. The summed E-state index contributed by atoms with van der Waals surface area (Å²) in [5.41, 5.74) is -3.55. The van der Waals surface area contributed by atoms with Gasteiger partial charge in [-0.1, -0.05) is 42.5 Å². The van der Waals surface area contributed by atoms with E-state index in [0.717, 1.165) is 0 Å². The lowest BCUT2D eigenvalue weighted by Crippen LogP contribution is -2.72. The van der Waals surface area contributed by atoms with Crippen molar-refractivity contribution in [3.8, 4) is 5.75 Å². The average molecular weight is 394 g/mol. The SMILES string of the molecule is COc1ccc([C@@H]2NC(=O)N[C@](O)(C(F)(F)F)[C@@H]2C(=O)c2ccccc2)cc1. The molecule has 1 fully saturated rings. The lowest BCUT2D eigenvalue weighted by atomic mass is 9.77. The minimum absolute atomic E-state index is 0.0216. The van der Waals surface area contributed by atoms with Gasteiger partial charge in [-0.25, -0.2) is 4.79 Å². The first-order valence-electron chi connectivity index (χ1n) is 8.28. The fourth-order valence-electron chi connectivity index (χ4n) is 3.21. The lowest BCUT2D eigenvalue weighted by Gasteiger charge is -2.45. The molecule has 9 heteroatoms. The van der Waals surface area contributed by atoms with Crippen LogP contribution in [0.2, 0.25) is 0 Å². The molecule has 0 unspecified atom stereocenters. The van der Waals surface area contributed by atoms with Crippen molar-refractivity contribution >= 4 is 11.8 Å². The maximum absolute atomic E-state index is 13.8. The zero-order chi connectivity index (χ0) is 20.5. The van der Waals surface area contributed by atoms with Gasteiger partial charge < -0.3 is 20.5 Å². The van der Waals surface area contributed by atoms with Crippen molar-refractivity contribution in [3.63, 3.8) is 0 Å². The Morgan fingerprint density at radius 3 is 2.25 bits per heavy atom. The zero-order valence-electron chi connectivity index (χ0n) is 14.7. The van der Waals surface area contributed by atoms with Crippen LogP contribution in [0.15, 0.2) is 54.6 Å². The smallest absolute Gasteiger partial charge is 0.437 e. The highest BCUT2D eigenvalue weighted by Gasteiger charge is 2.66. The summed E-state index contributed by atoms with van der Waals surface area (Å²) >= 11 is 0. The Balaban J connectivity index is 2.13. The Morgan fingerprint density at radius 2 is 1.71 bits per heavy atom. The number of urea groups is 1. The highest BCUT2D eigenvalue weighted by Crippen LogP contribution is 2.44. The van der Waals surface area contributed by atoms with Crippen LogP contribution in [0.4, 0.5) is 18.0 Å². The second-order valence-corrected chi connectivity index (χ2v) is 6.32. The van der Waals surface area contributed by atoms with Crippen molar-refractivity contribution in [2.45, 2.75) is 17.9 Å². The average Bonchev–Trinajstić information content (AvgIpc) is 2.67. The van der Waals surface area contributed by atoms with Crippen molar-refractivity contribution in [1.29, 1.82) is 0 Å². The van der Waals surface area contributed by atoms with Crippen LogP contribution in [0, 0.1) is 5.92 Å². The fraction of sp³-hybridized carbons (Fsp3) is 0.263. The number of hydrogen-bond donors (Lipinski definition) is 3. The quantitative estimate of drug-likeness (QED) is 0.696. The Hall–Kier alpha value is -3.07. The molecule has 1 saturated heterocycles. The molecular formula is C19H17F3N2O4. The number of amides is 2. The maximum atomic E-state index is 13.8. The summed E-state index contributed by atoms with van der Waals surface area (Å²) in [7, 11) is 1.42. The Morgan fingerprint density at radius 1 is 1.11 bits per heavy atom. The normalized spacial score (nSPS) is 24.8. The van der Waals surface area contributed by atoms with Crippen LogP contribution in [0.5, 0.6) is 5.75 Å². The minimum atomic E-state index is -5.29. The Labute approximate surface area is 158 Å². The van der Waals surface area contributed by atoms with Crippen molar-refractivity contribution < 1.29 is 32.6 Å². The van der Waals surface area contributed by atoms with Crippen LogP contribution < -0.4 is 15.4 Å². The van der Waals surface area contributed by atoms with E-state index in [1.165, 1.54) is 61.0 Å². The van der Waals surface area contributed by atoms with E-state index in [0.29, 0.717) is 5.75 Å². The van der Waals surface area contributed by atoms with Crippen molar-refractivity contribution in [2.24, 2.45) is 5.92 Å².